The summed E-state index contributed by atoms with van der Waals surface area (Å²) in [5, 5.41) is 7.42. The second-order valence-electron chi connectivity index (χ2n) is 3.96. The number of nitrogens with one attached hydrogen (secondary N) is 1. The summed E-state index contributed by atoms with van der Waals surface area (Å²) >= 11 is 9.17. The van der Waals surface area contributed by atoms with Crippen molar-refractivity contribution in [1.29, 1.82) is 0 Å². The highest BCUT2D eigenvalue weighted by Gasteiger charge is 2.07. The van der Waals surface area contributed by atoms with Gasteiger partial charge < -0.3 is 5.32 Å². The van der Waals surface area contributed by atoms with Crippen LogP contribution in [0, 0.1) is 6.92 Å². The Morgan fingerprint density at radius 1 is 1.47 bits per heavy atom. The summed E-state index contributed by atoms with van der Waals surface area (Å²) in [4.78, 5) is 15.8. The Labute approximate surface area is 124 Å². The molecule has 0 bridgehead atoms. The quantitative estimate of drug-likeness (QED) is 0.928. The highest BCUT2D eigenvalue weighted by molar-refractivity contribution is 9.10. The molecule has 2 aromatic rings. The number of rotatable bonds is 4. The SMILES string of the molecule is Cc1c(Cl)cnn1CCC(=O)Nc1ccc(Br)cn1. The molecule has 0 fully saturated rings. The minimum atomic E-state index is -0.110. The van der Waals surface area contributed by atoms with E-state index in [0.29, 0.717) is 23.8 Å². The molecule has 1 amide bonds. The zero-order valence-electron chi connectivity index (χ0n) is 10.2. The largest absolute Gasteiger partial charge is 0.311 e. The second-order valence-corrected chi connectivity index (χ2v) is 5.28. The summed E-state index contributed by atoms with van der Waals surface area (Å²) in [7, 11) is 0. The minimum absolute atomic E-state index is 0.110. The molecule has 0 atom stereocenters. The van der Waals surface area contributed by atoms with Gasteiger partial charge in [0.25, 0.3) is 0 Å². The lowest BCUT2D eigenvalue weighted by molar-refractivity contribution is -0.116. The molecule has 7 heteroatoms. The molecule has 5 nitrogen and oxygen atoms in total. The zero-order valence-corrected chi connectivity index (χ0v) is 12.6. The van der Waals surface area contributed by atoms with Gasteiger partial charge in [0.1, 0.15) is 5.82 Å². The molecule has 0 saturated carbocycles. The van der Waals surface area contributed by atoms with Crippen LogP contribution >= 0.6 is 27.5 Å². The molecule has 0 spiro atoms. The number of hydrogen-bond acceptors (Lipinski definition) is 3. The third-order valence-electron chi connectivity index (χ3n) is 2.59. The molecule has 0 aliphatic heterocycles. The van der Waals surface area contributed by atoms with E-state index in [2.05, 4.69) is 31.3 Å². The third-order valence-corrected chi connectivity index (χ3v) is 3.43. The van der Waals surface area contributed by atoms with Crippen LogP contribution in [0.15, 0.2) is 29.0 Å². The molecule has 0 aromatic carbocycles. The van der Waals surface area contributed by atoms with E-state index in [4.69, 9.17) is 11.6 Å². The number of carbonyl (C=O) groups excluding carboxylic acids is 1. The number of amides is 1. The van der Waals surface area contributed by atoms with Gasteiger partial charge >= 0.3 is 0 Å². The number of halogens is 2. The van der Waals surface area contributed by atoms with Crippen molar-refractivity contribution in [3.63, 3.8) is 0 Å². The maximum Gasteiger partial charge on any atom is 0.227 e. The van der Waals surface area contributed by atoms with E-state index < -0.39 is 0 Å². The molecule has 19 heavy (non-hydrogen) atoms. The van der Waals surface area contributed by atoms with Gasteiger partial charge in [-0.05, 0) is 35.0 Å². The maximum absolute atomic E-state index is 11.8. The summed E-state index contributed by atoms with van der Waals surface area (Å²) in [6.45, 7) is 2.35. The molecule has 2 heterocycles. The van der Waals surface area contributed by atoms with Crippen LogP contribution in [-0.2, 0) is 11.3 Å². The van der Waals surface area contributed by atoms with Crippen LogP contribution in [0.3, 0.4) is 0 Å². The Balaban J connectivity index is 1.88. The van der Waals surface area contributed by atoms with Gasteiger partial charge in [-0.25, -0.2) is 4.98 Å². The van der Waals surface area contributed by atoms with Crippen LogP contribution < -0.4 is 5.32 Å². The van der Waals surface area contributed by atoms with E-state index in [9.17, 15) is 4.79 Å². The van der Waals surface area contributed by atoms with E-state index in [-0.39, 0.29) is 5.91 Å². The maximum atomic E-state index is 11.8. The van der Waals surface area contributed by atoms with Crippen LogP contribution in [0.2, 0.25) is 5.02 Å². The Morgan fingerprint density at radius 2 is 2.26 bits per heavy atom. The van der Waals surface area contributed by atoms with Crippen molar-refractivity contribution in [3.05, 3.63) is 39.7 Å². The van der Waals surface area contributed by atoms with Gasteiger partial charge in [-0.15, -0.1) is 0 Å². The molecule has 2 rings (SSSR count). The summed E-state index contributed by atoms with van der Waals surface area (Å²) in [6.07, 6.45) is 3.52. The van der Waals surface area contributed by atoms with E-state index in [1.807, 2.05) is 13.0 Å². The van der Waals surface area contributed by atoms with Crippen molar-refractivity contribution < 1.29 is 4.79 Å². The highest BCUT2D eigenvalue weighted by atomic mass is 79.9. The smallest absolute Gasteiger partial charge is 0.227 e. The average Bonchev–Trinajstić information content (AvgIpc) is 2.70. The first kappa shape index (κ1) is 14.0. The molecular weight excluding hydrogens is 332 g/mol. The van der Waals surface area contributed by atoms with Crippen molar-refractivity contribution >= 4 is 39.3 Å². The van der Waals surface area contributed by atoms with Gasteiger partial charge in [-0.3, -0.25) is 9.48 Å². The lowest BCUT2D eigenvalue weighted by Gasteiger charge is -2.06. The van der Waals surface area contributed by atoms with E-state index in [1.165, 1.54) is 0 Å². The Kier molecular flexibility index (Phi) is 4.55. The molecule has 100 valence electrons. The standard InChI is InChI=1S/C12H12BrClN4O/c1-8-10(14)7-16-18(8)5-4-12(19)17-11-3-2-9(13)6-15-11/h2-3,6-7H,4-5H2,1H3,(H,15,17,19). The van der Waals surface area contributed by atoms with Gasteiger partial charge in [0.05, 0.1) is 23.5 Å². The van der Waals surface area contributed by atoms with E-state index in [0.717, 1.165) is 10.2 Å². The van der Waals surface area contributed by atoms with Gasteiger partial charge in [0, 0.05) is 17.1 Å². The fourth-order valence-corrected chi connectivity index (χ4v) is 1.89. The van der Waals surface area contributed by atoms with Crippen molar-refractivity contribution in [2.24, 2.45) is 0 Å². The summed E-state index contributed by atoms with van der Waals surface area (Å²) < 4.78 is 2.57. The van der Waals surface area contributed by atoms with Crippen molar-refractivity contribution in [1.82, 2.24) is 14.8 Å². The molecular formula is C12H12BrClN4O. The van der Waals surface area contributed by atoms with Gasteiger partial charge in [0.2, 0.25) is 5.91 Å². The van der Waals surface area contributed by atoms with Crippen molar-refractivity contribution in [2.75, 3.05) is 5.32 Å². The van der Waals surface area contributed by atoms with Gasteiger partial charge in [-0.2, -0.15) is 5.10 Å². The van der Waals surface area contributed by atoms with Gasteiger partial charge in [-0.1, -0.05) is 11.6 Å². The molecule has 0 unspecified atom stereocenters. The first-order valence-corrected chi connectivity index (χ1v) is 6.82. The molecule has 1 N–H and O–H groups in total. The van der Waals surface area contributed by atoms with Crippen LogP contribution in [0.5, 0.6) is 0 Å². The summed E-state index contributed by atoms with van der Waals surface area (Å²) in [5.74, 6) is 0.421. The topological polar surface area (TPSA) is 59.8 Å². The molecule has 0 radical (unpaired) electrons. The highest BCUT2D eigenvalue weighted by Crippen LogP contribution is 2.14. The van der Waals surface area contributed by atoms with Crippen LogP contribution in [0.25, 0.3) is 0 Å². The minimum Gasteiger partial charge on any atom is -0.311 e. The number of carbonyl (C=O) groups is 1. The van der Waals surface area contributed by atoms with Crippen LogP contribution in [0.1, 0.15) is 12.1 Å². The Bertz CT molecular complexity index is 582. The summed E-state index contributed by atoms with van der Waals surface area (Å²) in [5.41, 5.74) is 0.858. The van der Waals surface area contributed by atoms with E-state index in [1.54, 1.807) is 23.1 Å². The van der Waals surface area contributed by atoms with Crippen LogP contribution in [0.4, 0.5) is 5.82 Å². The monoisotopic (exact) mass is 342 g/mol. The first-order chi connectivity index (χ1) is 9.06. The lowest BCUT2D eigenvalue weighted by atomic mass is 10.3. The molecule has 2 aromatic heterocycles. The molecule has 0 saturated heterocycles. The summed E-state index contributed by atoms with van der Waals surface area (Å²) in [6, 6.07) is 3.55. The lowest BCUT2D eigenvalue weighted by Crippen LogP contribution is -2.16. The number of nitrogens with zero attached hydrogens (tertiary/aromatic N) is 3. The fourth-order valence-electron chi connectivity index (χ4n) is 1.51. The van der Waals surface area contributed by atoms with Crippen LogP contribution in [-0.4, -0.2) is 20.7 Å². The number of hydrogen-bond donors (Lipinski definition) is 1. The van der Waals surface area contributed by atoms with Crippen molar-refractivity contribution in [3.8, 4) is 0 Å². The zero-order chi connectivity index (χ0) is 13.8. The second kappa shape index (κ2) is 6.16. The Morgan fingerprint density at radius 3 is 2.84 bits per heavy atom. The van der Waals surface area contributed by atoms with Gasteiger partial charge in [0.15, 0.2) is 0 Å². The average molecular weight is 344 g/mol. The number of aryl methyl sites for hydroxylation is 1. The normalized spacial score (nSPS) is 10.5. The predicted octanol–water partition coefficient (Wildman–Crippen LogP) is 3.03. The molecule has 0 aliphatic rings. The molecule has 0 aliphatic carbocycles. The number of anilines is 1. The van der Waals surface area contributed by atoms with E-state index >= 15 is 0 Å². The fraction of sp³-hybridized carbons (Fsp3) is 0.250. The number of pyridine rings is 1. The van der Waals surface area contributed by atoms with Crippen molar-refractivity contribution in [2.45, 2.75) is 19.9 Å². The third kappa shape index (κ3) is 3.78. The first-order valence-electron chi connectivity index (χ1n) is 5.65. The Hall–Kier alpha value is -1.40. The predicted molar refractivity (Wildman–Crippen MR) is 77.2 cm³/mol. The number of aromatic nitrogens is 3.